The van der Waals surface area contributed by atoms with Gasteiger partial charge in [0.1, 0.15) is 11.5 Å². The number of benzene rings is 3. The molecule has 0 saturated heterocycles. The van der Waals surface area contributed by atoms with Gasteiger partial charge in [-0.05, 0) is 80.8 Å². The summed E-state index contributed by atoms with van der Waals surface area (Å²) in [6.45, 7) is 4.86. The Labute approximate surface area is 221 Å². The van der Waals surface area contributed by atoms with Gasteiger partial charge in [0, 0.05) is 29.3 Å². The molecule has 0 atom stereocenters. The van der Waals surface area contributed by atoms with E-state index in [9.17, 15) is 14.7 Å². The summed E-state index contributed by atoms with van der Waals surface area (Å²) in [5.41, 5.74) is 4.85. The summed E-state index contributed by atoms with van der Waals surface area (Å²) in [6, 6.07) is 21.2. The molecule has 8 nitrogen and oxygen atoms in total. The van der Waals surface area contributed by atoms with Gasteiger partial charge < -0.3 is 20.5 Å². The molecule has 3 aromatic carbocycles. The molecule has 2 amide bonds. The summed E-state index contributed by atoms with van der Waals surface area (Å²) >= 11 is 0. The maximum atomic E-state index is 13.1. The molecule has 38 heavy (non-hydrogen) atoms. The van der Waals surface area contributed by atoms with Gasteiger partial charge in [0.25, 0.3) is 5.91 Å². The zero-order chi connectivity index (χ0) is 26.6. The maximum Gasteiger partial charge on any atom is 0.342 e. The van der Waals surface area contributed by atoms with Crippen molar-refractivity contribution in [1.29, 1.82) is 0 Å². The number of ether oxygens (including phenoxy) is 1. The van der Waals surface area contributed by atoms with Gasteiger partial charge in [0.15, 0.2) is 0 Å². The highest BCUT2D eigenvalue weighted by Gasteiger charge is 2.30. The average molecular weight is 511 g/mol. The maximum absolute atomic E-state index is 13.1. The Balaban J connectivity index is 1.35. The van der Waals surface area contributed by atoms with Gasteiger partial charge in [0.2, 0.25) is 0 Å². The molecule has 8 heteroatoms. The normalized spacial score (nSPS) is 12.7. The Morgan fingerprint density at radius 3 is 2.45 bits per heavy atom. The lowest BCUT2D eigenvalue weighted by Gasteiger charge is -2.09. The van der Waals surface area contributed by atoms with Crippen molar-refractivity contribution in [1.82, 2.24) is 15.1 Å². The number of phenols is 1. The number of anilines is 1. The monoisotopic (exact) mass is 510 g/mol. The van der Waals surface area contributed by atoms with Gasteiger partial charge >= 0.3 is 6.03 Å². The second-order valence-electron chi connectivity index (χ2n) is 9.43. The SMILES string of the molecule is CCOc1ccc(C(=O)Nc2ccc(O)c(-c3cc(C4CC4)n(C(=O)NCc4ccc(C)cc4)n3)c2)cc1. The number of hydrogen-bond acceptors (Lipinski definition) is 5. The van der Waals surface area contributed by atoms with Gasteiger partial charge in [-0.3, -0.25) is 4.79 Å². The highest BCUT2D eigenvalue weighted by molar-refractivity contribution is 6.04. The van der Waals surface area contributed by atoms with Crippen molar-refractivity contribution in [2.24, 2.45) is 0 Å². The van der Waals surface area contributed by atoms with Crippen LogP contribution in [-0.2, 0) is 6.54 Å². The number of phenolic OH excluding ortho intramolecular Hbond substituents is 1. The third-order valence-corrected chi connectivity index (χ3v) is 6.45. The number of carbonyl (C=O) groups excluding carboxylic acids is 2. The number of aromatic hydroxyl groups is 1. The molecule has 1 aliphatic rings. The zero-order valence-corrected chi connectivity index (χ0v) is 21.4. The van der Waals surface area contributed by atoms with Crippen molar-refractivity contribution in [2.75, 3.05) is 11.9 Å². The van der Waals surface area contributed by atoms with Crippen LogP contribution in [0.5, 0.6) is 11.5 Å². The van der Waals surface area contributed by atoms with E-state index in [1.54, 1.807) is 36.4 Å². The summed E-state index contributed by atoms with van der Waals surface area (Å²) in [6.07, 6.45) is 1.97. The first-order valence-corrected chi connectivity index (χ1v) is 12.7. The van der Waals surface area contributed by atoms with Crippen LogP contribution in [-0.4, -0.2) is 33.4 Å². The van der Waals surface area contributed by atoms with Crippen molar-refractivity contribution in [2.45, 2.75) is 39.2 Å². The van der Waals surface area contributed by atoms with E-state index in [4.69, 9.17) is 4.74 Å². The Hall–Kier alpha value is -4.59. The van der Waals surface area contributed by atoms with Crippen molar-refractivity contribution in [3.63, 3.8) is 0 Å². The third kappa shape index (κ3) is 5.70. The van der Waals surface area contributed by atoms with E-state index in [0.29, 0.717) is 41.4 Å². The average Bonchev–Trinajstić information content (AvgIpc) is 3.68. The summed E-state index contributed by atoms with van der Waals surface area (Å²) in [5, 5.41) is 21.0. The van der Waals surface area contributed by atoms with E-state index in [2.05, 4.69) is 15.7 Å². The first-order valence-electron chi connectivity index (χ1n) is 12.7. The molecule has 0 unspecified atom stereocenters. The van der Waals surface area contributed by atoms with Crippen molar-refractivity contribution < 1.29 is 19.4 Å². The van der Waals surface area contributed by atoms with Crippen LogP contribution in [0.25, 0.3) is 11.3 Å². The van der Waals surface area contributed by atoms with Crippen molar-refractivity contribution in [3.8, 4) is 22.8 Å². The second-order valence-corrected chi connectivity index (χ2v) is 9.43. The lowest BCUT2D eigenvalue weighted by Crippen LogP contribution is -2.30. The molecular formula is C30H30N4O4. The first-order chi connectivity index (χ1) is 18.4. The molecule has 1 aromatic heterocycles. The van der Waals surface area contributed by atoms with Crippen LogP contribution in [0.2, 0.25) is 0 Å². The smallest absolute Gasteiger partial charge is 0.342 e. The van der Waals surface area contributed by atoms with Crippen LogP contribution < -0.4 is 15.4 Å². The Morgan fingerprint density at radius 2 is 1.76 bits per heavy atom. The number of aryl methyl sites for hydroxylation is 1. The number of nitrogens with zero attached hydrogens (tertiary/aromatic N) is 2. The van der Waals surface area contributed by atoms with Crippen molar-refractivity contribution >= 4 is 17.6 Å². The number of nitrogens with one attached hydrogen (secondary N) is 2. The van der Waals surface area contributed by atoms with Crippen LogP contribution in [0, 0.1) is 6.92 Å². The molecule has 4 aromatic rings. The summed E-state index contributed by atoms with van der Waals surface area (Å²) in [7, 11) is 0. The van der Waals surface area contributed by atoms with E-state index >= 15 is 0 Å². The topological polar surface area (TPSA) is 105 Å². The Kier molecular flexibility index (Phi) is 7.13. The number of amides is 2. The quantitative estimate of drug-likeness (QED) is 0.258. The third-order valence-electron chi connectivity index (χ3n) is 6.45. The van der Waals surface area contributed by atoms with E-state index < -0.39 is 0 Å². The van der Waals surface area contributed by atoms with Crippen molar-refractivity contribution in [3.05, 3.63) is 95.2 Å². The van der Waals surface area contributed by atoms with Gasteiger partial charge in [-0.25, -0.2) is 4.79 Å². The number of rotatable bonds is 8. The van der Waals surface area contributed by atoms with Gasteiger partial charge in [-0.2, -0.15) is 9.78 Å². The second kappa shape index (κ2) is 10.8. The highest BCUT2D eigenvalue weighted by atomic mass is 16.5. The molecule has 0 radical (unpaired) electrons. The van der Waals surface area contributed by atoms with E-state index in [-0.39, 0.29) is 23.6 Å². The van der Waals surface area contributed by atoms with Crippen LogP contribution in [0.15, 0.2) is 72.8 Å². The number of hydrogen-bond donors (Lipinski definition) is 3. The lowest BCUT2D eigenvalue weighted by molar-refractivity contribution is 0.102. The fourth-order valence-corrected chi connectivity index (χ4v) is 4.21. The minimum Gasteiger partial charge on any atom is -0.507 e. The standard InChI is InChI=1S/C30H30N4O4/c1-3-38-24-13-10-22(11-14-24)29(36)32-23-12-15-28(35)25(16-23)26-17-27(21-8-9-21)34(33-26)30(37)31-18-20-6-4-19(2)5-7-20/h4-7,10-17,21,35H,3,8-9,18H2,1-2H3,(H,31,37)(H,32,36). The molecular weight excluding hydrogens is 480 g/mol. The molecule has 194 valence electrons. The summed E-state index contributed by atoms with van der Waals surface area (Å²) in [4.78, 5) is 25.8. The molecule has 5 rings (SSSR count). The summed E-state index contributed by atoms with van der Waals surface area (Å²) in [5.74, 6) is 0.674. The molecule has 3 N–H and O–H groups in total. The molecule has 0 spiro atoms. The molecule has 1 aliphatic carbocycles. The lowest BCUT2D eigenvalue weighted by atomic mass is 10.1. The van der Waals surface area contributed by atoms with E-state index in [1.807, 2.05) is 44.2 Å². The summed E-state index contributed by atoms with van der Waals surface area (Å²) < 4.78 is 6.83. The Bertz CT molecular complexity index is 1450. The highest BCUT2D eigenvalue weighted by Crippen LogP contribution is 2.42. The molecule has 1 fully saturated rings. The molecule has 1 saturated carbocycles. The predicted molar refractivity (Wildman–Crippen MR) is 146 cm³/mol. The van der Waals surface area contributed by atoms with Gasteiger partial charge in [-0.1, -0.05) is 29.8 Å². The molecule has 0 aliphatic heterocycles. The zero-order valence-electron chi connectivity index (χ0n) is 21.4. The van der Waals surface area contributed by atoms with Gasteiger partial charge in [0.05, 0.1) is 18.0 Å². The Morgan fingerprint density at radius 1 is 1.03 bits per heavy atom. The van der Waals surface area contributed by atoms with Gasteiger partial charge in [-0.15, -0.1) is 0 Å². The van der Waals surface area contributed by atoms with Crippen LogP contribution >= 0.6 is 0 Å². The number of carbonyl (C=O) groups is 2. The van der Waals surface area contributed by atoms with Crippen LogP contribution in [0.3, 0.4) is 0 Å². The first kappa shape index (κ1) is 25.1. The fourth-order valence-electron chi connectivity index (χ4n) is 4.21. The van der Waals surface area contributed by atoms with Crippen LogP contribution in [0.1, 0.15) is 52.9 Å². The van der Waals surface area contributed by atoms with E-state index in [0.717, 1.165) is 29.7 Å². The minimum absolute atomic E-state index is 0.0103. The van der Waals surface area contributed by atoms with Crippen LogP contribution in [0.4, 0.5) is 10.5 Å². The largest absolute Gasteiger partial charge is 0.507 e. The molecule has 1 heterocycles. The minimum atomic E-state index is -0.321. The fraction of sp³-hybridized carbons (Fsp3) is 0.233. The molecule has 0 bridgehead atoms. The predicted octanol–water partition coefficient (Wildman–Crippen LogP) is 5.85. The van der Waals surface area contributed by atoms with E-state index in [1.165, 1.54) is 10.7 Å². The number of aromatic nitrogens is 2.